The highest BCUT2D eigenvalue weighted by molar-refractivity contribution is 4.97. The smallest absolute Gasteiger partial charge is 0.0653 e. The van der Waals surface area contributed by atoms with Crippen molar-refractivity contribution >= 4 is 0 Å². The third-order valence-corrected chi connectivity index (χ3v) is 4.08. The summed E-state index contributed by atoms with van der Waals surface area (Å²) >= 11 is 0. The van der Waals surface area contributed by atoms with E-state index in [9.17, 15) is 5.11 Å². The summed E-state index contributed by atoms with van der Waals surface area (Å²) in [5.41, 5.74) is -0.353. The summed E-state index contributed by atoms with van der Waals surface area (Å²) in [6.07, 6.45) is 7.80. The van der Waals surface area contributed by atoms with Gasteiger partial charge in [0.2, 0.25) is 0 Å². The first kappa shape index (κ1) is 9.51. The Kier molecular flexibility index (Phi) is 2.39. The van der Waals surface area contributed by atoms with Crippen LogP contribution in [0.1, 0.15) is 52.4 Å². The molecule has 0 heterocycles. The van der Waals surface area contributed by atoms with Crippen molar-refractivity contribution in [3.63, 3.8) is 0 Å². The topological polar surface area (TPSA) is 20.2 Å². The van der Waals surface area contributed by atoms with Crippen LogP contribution in [0.5, 0.6) is 0 Å². The molecule has 2 aliphatic carbocycles. The number of aliphatic hydroxyl groups is 1. The Hall–Kier alpha value is -0.0400. The van der Waals surface area contributed by atoms with Crippen LogP contribution in [-0.4, -0.2) is 10.7 Å². The van der Waals surface area contributed by atoms with Crippen LogP contribution < -0.4 is 0 Å². The average Bonchev–Trinajstić information content (AvgIpc) is 2.60. The molecular weight excluding hydrogens is 160 g/mol. The van der Waals surface area contributed by atoms with Crippen molar-refractivity contribution in [3.8, 4) is 0 Å². The van der Waals surface area contributed by atoms with Gasteiger partial charge in [-0.25, -0.2) is 0 Å². The second-order valence-electron chi connectivity index (χ2n) is 5.53. The van der Waals surface area contributed by atoms with Crippen LogP contribution in [0.3, 0.4) is 0 Å². The highest BCUT2D eigenvalue weighted by atomic mass is 16.3. The average molecular weight is 182 g/mol. The van der Waals surface area contributed by atoms with E-state index in [-0.39, 0.29) is 5.60 Å². The highest BCUT2D eigenvalue weighted by Gasteiger charge is 2.47. The van der Waals surface area contributed by atoms with Gasteiger partial charge in [0.15, 0.2) is 0 Å². The van der Waals surface area contributed by atoms with Crippen LogP contribution in [0.15, 0.2) is 0 Å². The van der Waals surface area contributed by atoms with Crippen LogP contribution in [0.25, 0.3) is 0 Å². The van der Waals surface area contributed by atoms with E-state index < -0.39 is 0 Å². The molecule has 0 amide bonds. The molecule has 1 N–H and O–H groups in total. The molecule has 0 aromatic heterocycles. The summed E-state index contributed by atoms with van der Waals surface area (Å²) in [4.78, 5) is 0. The fourth-order valence-corrected chi connectivity index (χ4v) is 3.14. The minimum atomic E-state index is -0.353. The van der Waals surface area contributed by atoms with E-state index in [1.54, 1.807) is 0 Å². The quantitative estimate of drug-likeness (QED) is 0.711. The van der Waals surface area contributed by atoms with Crippen molar-refractivity contribution in [1.82, 2.24) is 0 Å². The molecule has 0 aromatic carbocycles. The Balaban J connectivity index is 1.84. The standard InChI is InChI=1S/C12H22O/c1-9-7-11(9)12(2,13)8-10-5-3-4-6-10/h9-11,13H,3-8H2,1-2H3. The van der Waals surface area contributed by atoms with Crippen molar-refractivity contribution in [2.45, 2.75) is 58.0 Å². The third kappa shape index (κ3) is 2.07. The van der Waals surface area contributed by atoms with Gasteiger partial charge >= 0.3 is 0 Å². The zero-order valence-corrected chi connectivity index (χ0v) is 8.92. The van der Waals surface area contributed by atoms with Gasteiger partial charge in [0.05, 0.1) is 5.60 Å². The zero-order valence-electron chi connectivity index (χ0n) is 8.92. The largest absolute Gasteiger partial charge is 0.390 e. The van der Waals surface area contributed by atoms with E-state index in [4.69, 9.17) is 0 Å². The van der Waals surface area contributed by atoms with E-state index >= 15 is 0 Å². The first-order valence-corrected chi connectivity index (χ1v) is 5.82. The third-order valence-electron chi connectivity index (χ3n) is 4.08. The molecule has 3 unspecified atom stereocenters. The molecule has 1 nitrogen and oxygen atoms in total. The monoisotopic (exact) mass is 182 g/mol. The molecule has 2 rings (SSSR count). The normalized spacial score (nSPS) is 39.0. The van der Waals surface area contributed by atoms with Gasteiger partial charge in [-0.3, -0.25) is 0 Å². The van der Waals surface area contributed by atoms with Gasteiger partial charge in [0.25, 0.3) is 0 Å². The lowest BCUT2D eigenvalue weighted by molar-refractivity contribution is 0.00860. The summed E-state index contributed by atoms with van der Waals surface area (Å²) in [5, 5.41) is 10.3. The van der Waals surface area contributed by atoms with Gasteiger partial charge in [-0.2, -0.15) is 0 Å². The molecule has 3 atom stereocenters. The molecule has 1 heteroatoms. The summed E-state index contributed by atoms with van der Waals surface area (Å²) in [6, 6.07) is 0. The number of hydrogen-bond donors (Lipinski definition) is 1. The second-order valence-corrected chi connectivity index (χ2v) is 5.53. The van der Waals surface area contributed by atoms with Crippen LogP contribution in [0.2, 0.25) is 0 Å². The molecule has 0 saturated heterocycles. The molecule has 0 aliphatic heterocycles. The lowest BCUT2D eigenvalue weighted by atomic mass is 9.86. The van der Waals surface area contributed by atoms with Gasteiger partial charge in [-0.1, -0.05) is 32.6 Å². The van der Waals surface area contributed by atoms with Crippen molar-refractivity contribution in [1.29, 1.82) is 0 Å². The SMILES string of the molecule is CC1CC1C(C)(O)CC1CCCC1. The van der Waals surface area contributed by atoms with E-state index in [0.29, 0.717) is 5.92 Å². The lowest BCUT2D eigenvalue weighted by Gasteiger charge is -2.26. The van der Waals surface area contributed by atoms with Gasteiger partial charge in [-0.05, 0) is 37.5 Å². The van der Waals surface area contributed by atoms with Crippen molar-refractivity contribution in [2.24, 2.45) is 17.8 Å². The Morgan fingerprint density at radius 3 is 2.31 bits per heavy atom. The molecule has 13 heavy (non-hydrogen) atoms. The minimum Gasteiger partial charge on any atom is -0.390 e. The lowest BCUT2D eigenvalue weighted by Crippen LogP contribution is -2.30. The number of hydrogen-bond acceptors (Lipinski definition) is 1. The fourth-order valence-electron chi connectivity index (χ4n) is 3.14. The van der Waals surface area contributed by atoms with Crippen molar-refractivity contribution in [3.05, 3.63) is 0 Å². The molecule has 2 aliphatic rings. The van der Waals surface area contributed by atoms with Crippen LogP contribution >= 0.6 is 0 Å². The molecule has 0 aromatic rings. The molecule has 2 fully saturated rings. The second kappa shape index (κ2) is 3.27. The Bertz CT molecular complexity index is 180. The molecule has 0 bridgehead atoms. The van der Waals surface area contributed by atoms with Crippen LogP contribution in [0.4, 0.5) is 0 Å². The first-order valence-electron chi connectivity index (χ1n) is 5.82. The molecule has 2 saturated carbocycles. The van der Waals surface area contributed by atoms with Crippen LogP contribution in [0, 0.1) is 17.8 Å². The Morgan fingerprint density at radius 2 is 1.85 bits per heavy atom. The number of rotatable bonds is 3. The molecule has 76 valence electrons. The fraction of sp³-hybridized carbons (Fsp3) is 1.00. The Morgan fingerprint density at radius 1 is 1.31 bits per heavy atom. The van der Waals surface area contributed by atoms with E-state index in [2.05, 4.69) is 13.8 Å². The molecule has 0 radical (unpaired) electrons. The van der Waals surface area contributed by atoms with E-state index in [1.165, 1.54) is 32.1 Å². The van der Waals surface area contributed by atoms with Crippen LogP contribution in [-0.2, 0) is 0 Å². The predicted octanol–water partition coefficient (Wildman–Crippen LogP) is 2.97. The summed E-state index contributed by atoms with van der Waals surface area (Å²) < 4.78 is 0. The van der Waals surface area contributed by atoms with Gasteiger partial charge in [0, 0.05) is 0 Å². The van der Waals surface area contributed by atoms with Gasteiger partial charge in [-0.15, -0.1) is 0 Å². The van der Waals surface area contributed by atoms with Gasteiger partial charge < -0.3 is 5.11 Å². The van der Waals surface area contributed by atoms with E-state index in [0.717, 1.165) is 18.3 Å². The summed E-state index contributed by atoms with van der Waals surface area (Å²) in [7, 11) is 0. The molecular formula is C12H22O. The first-order chi connectivity index (χ1) is 6.09. The maximum atomic E-state index is 10.3. The zero-order chi connectivity index (χ0) is 9.47. The van der Waals surface area contributed by atoms with Gasteiger partial charge in [0.1, 0.15) is 0 Å². The van der Waals surface area contributed by atoms with Crippen molar-refractivity contribution < 1.29 is 5.11 Å². The maximum Gasteiger partial charge on any atom is 0.0653 e. The highest BCUT2D eigenvalue weighted by Crippen LogP contribution is 2.49. The van der Waals surface area contributed by atoms with Crippen molar-refractivity contribution in [2.75, 3.05) is 0 Å². The molecule has 0 spiro atoms. The maximum absolute atomic E-state index is 10.3. The minimum absolute atomic E-state index is 0.353. The Labute approximate surface area is 81.5 Å². The predicted molar refractivity (Wildman–Crippen MR) is 54.5 cm³/mol. The van der Waals surface area contributed by atoms with E-state index in [1.807, 2.05) is 0 Å². The summed E-state index contributed by atoms with van der Waals surface area (Å²) in [5.74, 6) is 2.20. The summed E-state index contributed by atoms with van der Waals surface area (Å²) in [6.45, 7) is 4.31.